The molecule has 2 rings (SSSR count). The van der Waals surface area contributed by atoms with Gasteiger partial charge in [-0.05, 0) is 24.2 Å². The number of rotatable bonds is 3. The molecule has 1 aliphatic carbocycles. The molecule has 15 heavy (non-hydrogen) atoms. The van der Waals surface area contributed by atoms with E-state index < -0.39 is 0 Å². The molecular formula is C12H21N3. The molecule has 1 saturated carbocycles. The van der Waals surface area contributed by atoms with Crippen molar-refractivity contribution in [2.75, 3.05) is 0 Å². The van der Waals surface area contributed by atoms with Crippen LogP contribution in [-0.4, -0.2) is 14.8 Å². The van der Waals surface area contributed by atoms with E-state index in [0.717, 1.165) is 24.7 Å². The normalized spacial score (nSPS) is 17.8. The van der Waals surface area contributed by atoms with Crippen LogP contribution in [0.4, 0.5) is 0 Å². The van der Waals surface area contributed by atoms with E-state index in [2.05, 4.69) is 35.5 Å². The molecule has 0 aliphatic heterocycles. The first-order chi connectivity index (χ1) is 7.04. The second-order valence-electron chi connectivity index (χ2n) is 5.89. The fraction of sp³-hybridized carbons (Fsp3) is 0.833. The molecule has 0 radical (unpaired) electrons. The molecule has 0 amide bonds. The minimum atomic E-state index is 0.296. The van der Waals surface area contributed by atoms with E-state index in [1.165, 1.54) is 19.3 Å². The number of hydrogen-bond acceptors (Lipinski definition) is 2. The Morgan fingerprint density at radius 3 is 2.67 bits per heavy atom. The summed E-state index contributed by atoms with van der Waals surface area (Å²) in [6.45, 7) is 7.81. The summed E-state index contributed by atoms with van der Waals surface area (Å²) in [6.07, 6.45) is 6.84. The Morgan fingerprint density at radius 2 is 2.13 bits per heavy atom. The van der Waals surface area contributed by atoms with Crippen molar-refractivity contribution in [3.05, 3.63) is 12.2 Å². The lowest BCUT2D eigenvalue weighted by Gasteiger charge is -2.26. The topological polar surface area (TPSA) is 30.7 Å². The molecule has 1 aromatic heterocycles. The Labute approximate surface area is 91.9 Å². The zero-order valence-electron chi connectivity index (χ0n) is 10.0. The van der Waals surface area contributed by atoms with Crippen molar-refractivity contribution < 1.29 is 0 Å². The molecule has 0 N–H and O–H groups in total. The first kappa shape index (κ1) is 10.7. The van der Waals surface area contributed by atoms with Crippen molar-refractivity contribution in [1.82, 2.24) is 14.8 Å². The highest BCUT2D eigenvalue weighted by molar-refractivity contribution is 4.90. The summed E-state index contributed by atoms with van der Waals surface area (Å²) in [5, 5.41) is 4.33. The zero-order chi connectivity index (χ0) is 10.9. The maximum absolute atomic E-state index is 4.36. The summed E-state index contributed by atoms with van der Waals surface area (Å²) in [5.41, 5.74) is 0.296. The van der Waals surface area contributed by atoms with Crippen LogP contribution in [0.2, 0.25) is 0 Å². The van der Waals surface area contributed by atoms with Gasteiger partial charge in [-0.15, -0.1) is 0 Å². The van der Waals surface area contributed by atoms with Crippen molar-refractivity contribution in [3.63, 3.8) is 0 Å². The SMILES string of the molecule is CC(C)(C)Cc1ncnn1CC1CCC1. The molecule has 1 aliphatic rings. The maximum Gasteiger partial charge on any atom is 0.138 e. The Bertz CT molecular complexity index is 318. The smallest absolute Gasteiger partial charge is 0.138 e. The maximum atomic E-state index is 4.36. The van der Waals surface area contributed by atoms with E-state index in [9.17, 15) is 0 Å². The molecular weight excluding hydrogens is 186 g/mol. The largest absolute Gasteiger partial charge is 0.250 e. The summed E-state index contributed by atoms with van der Waals surface area (Å²) in [6, 6.07) is 0. The van der Waals surface area contributed by atoms with Gasteiger partial charge in [-0.1, -0.05) is 27.2 Å². The summed E-state index contributed by atoms with van der Waals surface area (Å²) < 4.78 is 2.11. The van der Waals surface area contributed by atoms with E-state index in [4.69, 9.17) is 0 Å². The average Bonchev–Trinajstić information content (AvgIpc) is 2.42. The molecule has 1 fully saturated rings. The second-order valence-corrected chi connectivity index (χ2v) is 5.89. The van der Waals surface area contributed by atoms with Crippen LogP contribution in [0.25, 0.3) is 0 Å². The summed E-state index contributed by atoms with van der Waals surface area (Å²) >= 11 is 0. The molecule has 0 unspecified atom stereocenters. The van der Waals surface area contributed by atoms with Gasteiger partial charge in [0.15, 0.2) is 0 Å². The zero-order valence-corrected chi connectivity index (χ0v) is 10.0. The van der Waals surface area contributed by atoms with E-state index in [-0.39, 0.29) is 0 Å². The Morgan fingerprint density at radius 1 is 1.40 bits per heavy atom. The predicted octanol–water partition coefficient (Wildman–Crippen LogP) is 2.67. The molecule has 0 bridgehead atoms. The lowest BCUT2D eigenvalue weighted by atomic mass is 9.85. The van der Waals surface area contributed by atoms with Gasteiger partial charge in [-0.3, -0.25) is 0 Å². The van der Waals surface area contributed by atoms with Crippen molar-refractivity contribution in [3.8, 4) is 0 Å². The van der Waals surface area contributed by atoms with Crippen molar-refractivity contribution >= 4 is 0 Å². The van der Waals surface area contributed by atoms with E-state index >= 15 is 0 Å². The third-order valence-electron chi connectivity index (χ3n) is 3.04. The highest BCUT2D eigenvalue weighted by Crippen LogP contribution is 2.28. The number of hydrogen-bond donors (Lipinski definition) is 0. The second kappa shape index (κ2) is 3.95. The van der Waals surface area contributed by atoms with E-state index in [1.807, 2.05) is 0 Å². The van der Waals surface area contributed by atoms with Crippen molar-refractivity contribution in [1.29, 1.82) is 0 Å². The third kappa shape index (κ3) is 2.80. The summed E-state index contributed by atoms with van der Waals surface area (Å²) in [7, 11) is 0. The van der Waals surface area contributed by atoms with Gasteiger partial charge >= 0.3 is 0 Å². The van der Waals surface area contributed by atoms with Gasteiger partial charge in [0.2, 0.25) is 0 Å². The summed E-state index contributed by atoms with van der Waals surface area (Å²) in [5.74, 6) is 2.00. The van der Waals surface area contributed by atoms with Crippen molar-refractivity contribution in [2.45, 2.75) is 53.0 Å². The lowest BCUT2D eigenvalue weighted by molar-refractivity contribution is 0.258. The van der Waals surface area contributed by atoms with Gasteiger partial charge in [-0.2, -0.15) is 5.10 Å². The first-order valence-corrected chi connectivity index (χ1v) is 5.91. The minimum absolute atomic E-state index is 0.296. The van der Waals surface area contributed by atoms with Gasteiger partial charge < -0.3 is 0 Å². The molecule has 84 valence electrons. The highest BCUT2D eigenvalue weighted by Gasteiger charge is 2.21. The lowest BCUT2D eigenvalue weighted by Crippen LogP contribution is -2.22. The van der Waals surface area contributed by atoms with Gasteiger partial charge in [0.1, 0.15) is 12.2 Å². The fourth-order valence-electron chi connectivity index (χ4n) is 1.97. The van der Waals surface area contributed by atoms with Gasteiger partial charge in [0.05, 0.1) is 0 Å². The van der Waals surface area contributed by atoms with Gasteiger partial charge in [-0.25, -0.2) is 9.67 Å². The van der Waals surface area contributed by atoms with Gasteiger partial charge in [0, 0.05) is 13.0 Å². The van der Waals surface area contributed by atoms with Crippen LogP contribution in [0.15, 0.2) is 6.33 Å². The molecule has 3 heteroatoms. The average molecular weight is 207 g/mol. The first-order valence-electron chi connectivity index (χ1n) is 5.91. The standard InChI is InChI=1S/C12H21N3/c1-12(2,3)7-11-13-9-14-15(11)8-10-5-4-6-10/h9-10H,4-8H2,1-3H3. The third-order valence-corrected chi connectivity index (χ3v) is 3.04. The van der Waals surface area contributed by atoms with Crippen LogP contribution in [0.3, 0.4) is 0 Å². The molecule has 3 nitrogen and oxygen atoms in total. The highest BCUT2D eigenvalue weighted by atomic mass is 15.3. The monoisotopic (exact) mass is 207 g/mol. The number of nitrogens with zero attached hydrogens (tertiary/aromatic N) is 3. The van der Waals surface area contributed by atoms with Crippen LogP contribution in [-0.2, 0) is 13.0 Å². The van der Waals surface area contributed by atoms with E-state index in [0.29, 0.717) is 5.41 Å². The van der Waals surface area contributed by atoms with Crippen LogP contribution in [0, 0.1) is 11.3 Å². The molecule has 1 aromatic rings. The Kier molecular flexibility index (Phi) is 2.81. The van der Waals surface area contributed by atoms with E-state index in [1.54, 1.807) is 6.33 Å². The molecule has 0 spiro atoms. The molecule has 1 heterocycles. The Balaban J connectivity index is 2.01. The van der Waals surface area contributed by atoms with Crippen LogP contribution >= 0.6 is 0 Å². The number of aromatic nitrogens is 3. The molecule has 0 saturated heterocycles. The fourth-order valence-corrected chi connectivity index (χ4v) is 1.97. The van der Waals surface area contributed by atoms with Gasteiger partial charge in [0.25, 0.3) is 0 Å². The van der Waals surface area contributed by atoms with Crippen LogP contribution < -0.4 is 0 Å². The molecule has 0 atom stereocenters. The van der Waals surface area contributed by atoms with Crippen LogP contribution in [0.1, 0.15) is 45.9 Å². The molecule has 0 aromatic carbocycles. The quantitative estimate of drug-likeness (QED) is 0.763. The Hall–Kier alpha value is -0.860. The minimum Gasteiger partial charge on any atom is -0.250 e. The van der Waals surface area contributed by atoms with Crippen molar-refractivity contribution in [2.24, 2.45) is 11.3 Å². The summed E-state index contributed by atoms with van der Waals surface area (Å²) in [4.78, 5) is 4.36. The predicted molar refractivity (Wildman–Crippen MR) is 60.5 cm³/mol. The van der Waals surface area contributed by atoms with Crippen LogP contribution in [0.5, 0.6) is 0 Å².